The number of piperidine rings is 1. The Morgan fingerprint density at radius 1 is 0.926 bits per heavy atom. The van der Waals surface area contributed by atoms with Gasteiger partial charge in [-0.15, -0.1) is 0 Å². The van der Waals surface area contributed by atoms with Crippen LogP contribution < -0.4 is 5.32 Å². The lowest BCUT2D eigenvalue weighted by Gasteiger charge is -2.26. The van der Waals surface area contributed by atoms with Gasteiger partial charge >= 0.3 is 0 Å². The highest BCUT2D eigenvalue weighted by Crippen LogP contribution is 2.48. The van der Waals surface area contributed by atoms with Crippen molar-refractivity contribution in [3.05, 3.63) is 60.2 Å². The molecular weight excluding hydrogens is 360 g/mol. The summed E-state index contributed by atoms with van der Waals surface area (Å²) in [5, 5.41) is 2.94. The molecule has 2 aliphatic rings. The molecule has 1 amide bonds. The maximum Gasteiger partial charge on any atom is 0.243 e. The Hall–Kier alpha value is -2.18. The molecule has 0 unspecified atom stereocenters. The molecule has 4 rings (SSSR count). The minimum Gasteiger partial charge on any atom is -0.325 e. The Kier molecular flexibility index (Phi) is 4.78. The molecule has 0 radical (unpaired) electrons. The van der Waals surface area contributed by atoms with Crippen molar-refractivity contribution in [3.63, 3.8) is 0 Å². The number of anilines is 1. The van der Waals surface area contributed by atoms with Crippen LogP contribution in [0, 0.1) is 0 Å². The van der Waals surface area contributed by atoms with Gasteiger partial charge in [-0.05, 0) is 49.4 Å². The lowest BCUT2D eigenvalue weighted by Crippen LogP contribution is -2.35. The minimum atomic E-state index is -3.51. The van der Waals surface area contributed by atoms with Crippen LogP contribution in [0.15, 0.2) is 59.5 Å². The number of sulfonamides is 1. The highest BCUT2D eigenvalue weighted by Gasteiger charge is 2.51. The zero-order valence-electron chi connectivity index (χ0n) is 15.2. The van der Waals surface area contributed by atoms with Gasteiger partial charge in [0, 0.05) is 18.8 Å². The van der Waals surface area contributed by atoms with E-state index in [-0.39, 0.29) is 10.8 Å². The highest BCUT2D eigenvalue weighted by atomic mass is 32.2. The van der Waals surface area contributed by atoms with Gasteiger partial charge in [-0.2, -0.15) is 4.31 Å². The van der Waals surface area contributed by atoms with Gasteiger partial charge in [-0.1, -0.05) is 42.8 Å². The quantitative estimate of drug-likeness (QED) is 0.858. The standard InChI is InChI=1S/C21H24N2O3S/c24-20(21(12-13-21)17-8-3-1-4-9-17)22-18-10-7-11-19(16-18)27(25,26)23-14-5-2-6-15-23/h1,3-4,7-11,16H,2,5-6,12-15H2,(H,22,24). The summed E-state index contributed by atoms with van der Waals surface area (Å²) in [6.45, 7) is 1.13. The Bertz CT molecular complexity index is 931. The number of hydrogen-bond acceptors (Lipinski definition) is 3. The topological polar surface area (TPSA) is 66.5 Å². The van der Waals surface area contributed by atoms with E-state index in [1.807, 2.05) is 30.3 Å². The minimum absolute atomic E-state index is 0.0683. The van der Waals surface area contributed by atoms with Crippen LogP contribution in [0.25, 0.3) is 0 Å². The van der Waals surface area contributed by atoms with Gasteiger partial charge in [0.2, 0.25) is 15.9 Å². The summed E-state index contributed by atoms with van der Waals surface area (Å²) in [5.74, 6) is -0.0683. The molecule has 1 aliphatic carbocycles. The van der Waals surface area contributed by atoms with Crippen molar-refractivity contribution in [2.45, 2.75) is 42.4 Å². The van der Waals surface area contributed by atoms with Crippen molar-refractivity contribution in [1.29, 1.82) is 0 Å². The summed E-state index contributed by atoms with van der Waals surface area (Å²) < 4.78 is 27.3. The molecule has 2 aromatic carbocycles. The van der Waals surface area contributed by atoms with Crippen molar-refractivity contribution in [2.75, 3.05) is 18.4 Å². The second-order valence-corrected chi connectivity index (χ2v) is 9.33. The number of nitrogens with zero attached hydrogens (tertiary/aromatic N) is 1. The van der Waals surface area contributed by atoms with Gasteiger partial charge in [0.1, 0.15) is 0 Å². The third-order valence-corrected chi connectivity index (χ3v) is 7.45. The zero-order chi connectivity index (χ0) is 18.9. The number of hydrogen-bond donors (Lipinski definition) is 1. The molecule has 0 atom stereocenters. The first-order valence-corrected chi connectivity index (χ1v) is 10.9. The van der Waals surface area contributed by atoms with Crippen molar-refractivity contribution >= 4 is 21.6 Å². The van der Waals surface area contributed by atoms with E-state index in [0.717, 1.165) is 37.7 Å². The molecule has 1 saturated heterocycles. The summed E-state index contributed by atoms with van der Waals surface area (Å²) in [7, 11) is -3.51. The van der Waals surface area contributed by atoms with Crippen molar-refractivity contribution in [1.82, 2.24) is 4.31 Å². The first-order valence-electron chi connectivity index (χ1n) is 9.50. The molecule has 27 heavy (non-hydrogen) atoms. The number of carbonyl (C=O) groups is 1. The molecule has 2 aromatic rings. The Morgan fingerprint density at radius 3 is 2.30 bits per heavy atom. The zero-order valence-corrected chi connectivity index (χ0v) is 16.0. The summed E-state index contributed by atoms with van der Waals surface area (Å²) in [4.78, 5) is 13.1. The highest BCUT2D eigenvalue weighted by molar-refractivity contribution is 7.89. The van der Waals surface area contributed by atoms with Crippen LogP contribution in [0.4, 0.5) is 5.69 Å². The van der Waals surface area contributed by atoms with E-state index in [4.69, 9.17) is 0 Å². The monoisotopic (exact) mass is 384 g/mol. The van der Waals surface area contributed by atoms with Crippen LogP contribution in [0.5, 0.6) is 0 Å². The first kappa shape index (κ1) is 18.2. The predicted octanol–water partition coefficient (Wildman–Crippen LogP) is 3.53. The molecule has 1 saturated carbocycles. The molecule has 1 N–H and O–H groups in total. The normalized spacial score (nSPS) is 19.4. The van der Waals surface area contributed by atoms with Gasteiger partial charge in [0.25, 0.3) is 0 Å². The van der Waals surface area contributed by atoms with Gasteiger partial charge < -0.3 is 5.32 Å². The van der Waals surface area contributed by atoms with Crippen LogP contribution >= 0.6 is 0 Å². The molecule has 0 aromatic heterocycles. The summed E-state index contributed by atoms with van der Waals surface area (Å²) in [6, 6.07) is 16.4. The second-order valence-electron chi connectivity index (χ2n) is 7.39. The second kappa shape index (κ2) is 7.09. The summed E-state index contributed by atoms with van der Waals surface area (Å²) in [5.41, 5.74) is 1.06. The van der Waals surface area contributed by atoms with Crippen LogP contribution in [0.2, 0.25) is 0 Å². The molecule has 0 bridgehead atoms. The molecule has 142 valence electrons. The van der Waals surface area contributed by atoms with E-state index < -0.39 is 15.4 Å². The third-order valence-electron chi connectivity index (χ3n) is 5.56. The van der Waals surface area contributed by atoms with Crippen LogP contribution in [-0.2, 0) is 20.2 Å². The van der Waals surface area contributed by atoms with E-state index in [1.54, 1.807) is 28.6 Å². The van der Waals surface area contributed by atoms with E-state index in [0.29, 0.717) is 18.8 Å². The average Bonchev–Trinajstić information content (AvgIpc) is 3.52. The molecule has 2 fully saturated rings. The fourth-order valence-corrected chi connectivity index (χ4v) is 5.33. The van der Waals surface area contributed by atoms with E-state index in [2.05, 4.69) is 5.32 Å². The average molecular weight is 385 g/mol. The van der Waals surface area contributed by atoms with E-state index >= 15 is 0 Å². The molecule has 0 spiro atoms. The SMILES string of the molecule is O=C(Nc1cccc(S(=O)(=O)N2CCCCC2)c1)C1(c2ccccc2)CC1. The van der Waals surface area contributed by atoms with Crippen molar-refractivity contribution in [3.8, 4) is 0 Å². The van der Waals surface area contributed by atoms with Crippen LogP contribution in [-0.4, -0.2) is 31.7 Å². The van der Waals surface area contributed by atoms with Gasteiger partial charge in [-0.25, -0.2) is 8.42 Å². The van der Waals surface area contributed by atoms with Crippen LogP contribution in [0.1, 0.15) is 37.7 Å². The third kappa shape index (κ3) is 3.51. The summed E-state index contributed by atoms with van der Waals surface area (Å²) in [6.07, 6.45) is 4.50. The molecular formula is C21H24N2O3S. The number of carbonyl (C=O) groups excluding carboxylic acids is 1. The first-order chi connectivity index (χ1) is 13.0. The number of amides is 1. The van der Waals surface area contributed by atoms with Gasteiger partial charge in [0.15, 0.2) is 0 Å². The van der Waals surface area contributed by atoms with E-state index in [1.165, 1.54) is 0 Å². The summed E-state index contributed by atoms with van der Waals surface area (Å²) >= 11 is 0. The smallest absolute Gasteiger partial charge is 0.243 e. The molecule has 1 aliphatic heterocycles. The van der Waals surface area contributed by atoms with E-state index in [9.17, 15) is 13.2 Å². The number of benzene rings is 2. The lowest BCUT2D eigenvalue weighted by molar-refractivity contribution is -0.118. The van der Waals surface area contributed by atoms with Crippen molar-refractivity contribution < 1.29 is 13.2 Å². The fraction of sp³-hybridized carbons (Fsp3) is 0.381. The van der Waals surface area contributed by atoms with Crippen LogP contribution in [0.3, 0.4) is 0 Å². The van der Waals surface area contributed by atoms with Gasteiger partial charge in [0.05, 0.1) is 10.3 Å². The fourth-order valence-electron chi connectivity index (χ4n) is 3.77. The van der Waals surface area contributed by atoms with Crippen molar-refractivity contribution in [2.24, 2.45) is 0 Å². The predicted molar refractivity (Wildman–Crippen MR) is 105 cm³/mol. The number of nitrogens with one attached hydrogen (secondary N) is 1. The Morgan fingerprint density at radius 2 is 1.63 bits per heavy atom. The van der Waals surface area contributed by atoms with Gasteiger partial charge in [-0.3, -0.25) is 4.79 Å². The number of rotatable bonds is 5. The largest absolute Gasteiger partial charge is 0.325 e. The molecule has 6 heteroatoms. The Balaban J connectivity index is 1.54. The maximum atomic E-state index is 12.9. The maximum absolute atomic E-state index is 12.9. The molecule has 5 nitrogen and oxygen atoms in total. The lowest BCUT2D eigenvalue weighted by atomic mass is 9.95. The Labute approximate surface area is 160 Å². The molecule has 1 heterocycles.